The molecule has 1 amide bonds. The van der Waals surface area contributed by atoms with Crippen LogP contribution < -0.4 is 4.90 Å². The molecular weight excluding hydrogens is 409 g/mol. The van der Waals surface area contributed by atoms with E-state index >= 15 is 0 Å². The van der Waals surface area contributed by atoms with E-state index in [0.29, 0.717) is 37.6 Å². The molecule has 0 aliphatic carbocycles. The minimum absolute atomic E-state index is 0.0793. The van der Waals surface area contributed by atoms with Crippen molar-refractivity contribution in [2.24, 2.45) is 0 Å². The Morgan fingerprint density at radius 2 is 1.58 bits per heavy atom. The van der Waals surface area contributed by atoms with Crippen molar-refractivity contribution in [3.63, 3.8) is 0 Å². The number of carbonyl (C=O) groups excluding carboxylic acids is 1. The third kappa shape index (κ3) is 4.84. The number of hydrogen-bond acceptors (Lipinski definition) is 5. The molecule has 1 aliphatic rings. The van der Waals surface area contributed by atoms with Crippen molar-refractivity contribution < 1.29 is 18.0 Å². The van der Waals surface area contributed by atoms with E-state index in [2.05, 4.69) is 15.3 Å². The molecule has 1 fully saturated rings. The third-order valence-electron chi connectivity index (χ3n) is 5.19. The van der Waals surface area contributed by atoms with Crippen LogP contribution in [0.2, 0.25) is 0 Å². The van der Waals surface area contributed by atoms with E-state index in [0.717, 1.165) is 23.6 Å². The van der Waals surface area contributed by atoms with Gasteiger partial charge < -0.3 is 9.80 Å². The number of piperazine rings is 1. The van der Waals surface area contributed by atoms with Gasteiger partial charge in [-0.3, -0.25) is 4.79 Å². The number of rotatable bonds is 4. The number of halogens is 3. The maximum atomic E-state index is 12.7. The van der Waals surface area contributed by atoms with Crippen LogP contribution >= 0.6 is 0 Å². The van der Waals surface area contributed by atoms with Crippen molar-refractivity contribution in [1.29, 1.82) is 0 Å². The highest BCUT2D eigenvalue weighted by atomic mass is 19.4. The van der Waals surface area contributed by atoms with Gasteiger partial charge in [-0.15, -0.1) is 10.2 Å². The molecule has 3 aromatic rings. The van der Waals surface area contributed by atoms with E-state index in [-0.39, 0.29) is 12.3 Å². The molecule has 3 heterocycles. The summed E-state index contributed by atoms with van der Waals surface area (Å²) in [6.45, 7) is 4.14. The molecular formula is C21H21F3N6O. The van der Waals surface area contributed by atoms with E-state index in [1.54, 1.807) is 9.58 Å². The fourth-order valence-electron chi connectivity index (χ4n) is 3.43. The minimum Gasteiger partial charge on any atom is -0.352 e. The molecule has 0 N–H and O–H groups in total. The Hall–Kier alpha value is -3.43. The molecule has 1 saturated heterocycles. The summed E-state index contributed by atoms with van der Waals surface area (Å²) in [5.74, 6) is 1.25. The highest BCUT2D eigenvalue weighted by Gasteiger charge is 2.30. The van der Waals surface area contributed by atoms with Crippen LogP contribution in [0.15, 0.2) is 48.7 Å². The van der Waals surface area contributed by atoms with E-state index in [4.69, 9.17) is 0 Å². The van der Waals surface area contributed by atoms with Crippen molar-refractivity contribution in [2.45, 2.75) is 19.5 Å². The fourth-order valence-corrected chi connectivity index (χ4v) is 3.43. The first-order valence-electron chi connectivity index (χ1n) is 9.85. The van der Waals surface area contributed by atoms with Gasteiger partial charge in [0.2, 0.25) is 5.91 Å². The van der Waals surface area contributed by atoms with Crippen LogP contribution in [0.1, 0.15) is 16.8 Å². The Labute approximate surface area is 177 Å². The second kappa shape index (κ2) is 8.37. The lowest BCUT2D eigenvalue weighted by Gasteiger charge is -2.35. The van der Waals surface area contributed by atoms with E-state index in [1.165, 1.54) is 12.1 Å². The summed E-state index contributed by atoms with van der Waals surface area (Å²) in [5, 5.41) is 12.8. The lowest BCUT2D eigenvalue weighted by atomic mass is 10.1. The standard InChI is InChI=1S/C21H21F3N6O/c1-15-8-9-30(27-15)19-7-6-18(25-26-19)28-10-12-29(13-11-28)20(31)14-16-2-4-17(5-3-16)21(22,23)24/h2-9H,10-14H2,1H3. The number of aromatic nitrogens is 4. The first-order chi connectivity index (χ1) is 14.8. The van der Waals surface area contributed by atoms with Crippen LogP contribution in [0.3, 0.4) is 0 Å². The highest BCUT2D eigenvalue weighted by Crippen LogP contribution is 2.29. The summed E-state index contributed by atoms with van der Waals surface area (Å²) in [6.07, 6.45) is -2.48. The first-order valence-corrected chi connectivity index (χ1v) is 9.85. The quantitative estimate of drug-likeness (QED) is 0.637. The van der Waals surface area contributed by atoms with Crippen molar-refractivity contribution in [3.05, 3.63) is 65.5 Å². The molecule has 0 saturated carbocycles. The molecule has 7 nitrogen and oxygen atoms in total. The zero-order chi connectivity index (χ0) is 22.0. The fraction of sp³-hybridized carbons (Fsp3) is 0.333. The van der Waals surface area contributed by atoms with Crippen LogP contribution in [0.25, 0.3) is 5.82 Å². The number of aryl methyl sites for hydroxylation is 1. The van der Waals surface area contributed by atoms with Crippen molar-refractivity contribution in [3.8, 4) is 5.82 Å². The van der Waals surface area contributed by atoms with Crippen molar-refractivity contribution in [2.75, 3.05) is 31.1 Å². The topological polar surface area (TPSA) is 67.2 Å². The highest BCUT2D eigenvalue weighted by molar-refractivity contribution is 5.79. The first kappa shape index (κ1) is 20.8. The van der Waals surface area contributed by atoms with Crippen LogP contribution in [0.4, 0.5) is 19.0 Å². The van der Waals surface area contributed by atoms with Gasteiger partial charge in [0.1, 0.15) is 0 Å². The molecule has 4 rings (SSSR count). The van der Waals surface area contributed by atoms with Gasteiger partial charge in [0.05, 0.1) is 17.7 Å². The van der Waals surface area contributed by atoms with Gasteiger partial charge in [-0.1, -0.05) is 12.1 Å². The molecule has 0 spiro atoms. The zero-order valence-electron chi connectivity index (χ0n) is 16.9. The van der Waals surface area contributed by atoms with Gasteiger partial charge in [0.15, 0.2) is 11.6 Å². The summed E-state index contributed by atoms with van der Waals surface area (Å²) in [4.78, 5) is 16.3. The van der Waals surface area contributed by atoms with Gasteiger partial charge in [-0.05, 0) is 42.8 Å². The van der Waals surface area contributed by atoms with Gasteiger partial charge in [0.25, 0.3) is 0 Å². The largest absolute Gasteiger partial charge is 0.416 e. The molecule has 2 aromatic heterocycles. The Bertz CT molecular complexity index is 1040. The maximum Gasteiger partial charge on any atom is 0.416 e. The Morgan fingerprint density at radius 1 is 0.935 bits per heavy atom. The predicted octanol–water partition coefficient (Wildman–Crippen LogP) is 2.88. The molecule has 0 radical (unpaired) electrons. The second-order valence-electron chi connectivity index (χ2n) is 7.39. The van der Waals surface area contributed by atoms with E-state index in [9.17, 15) is 18.0 Å². The second-order valence-corrected chi connectivity index (χ2v) is 7.39. The molecule has 0 unspecified atom stereocenters. The van der Waals surface area contributed by atoms with Crippen LogP contribution in [0, 0.1) is 6.92 Å². The lowest BCUT2D eigenvalue weighted by molar-refractivity contribution is -0.137. The Balaban J connectivity index is 1.31. The number of benzene rings is 1. The monoisotopic (exact) mass is 430 g/mol. The molecule has 10 heteroatoms. The molecule has 1 aromatic carbocycles. The van der Waals surface area contributed by atoms with Gasteiger partial charge in [-0.2, -0.15) is 18.3 Å². The third-order valence-corrected chi connectivity index (χ3v) is 5.19. The Kier molecular flexibility index (Phi) is 5.62. The van der Waals surface area contributed by atoms with Crippen molar-refractivity contribution >= 4 is 11.7 Å². The summed E-state index contributed by atoms with van der Waals surface area (Å²) in [6, 6.07) is 10.3. The predicted molar refractivity (Wildman–Crippen MR) is 108 cm³/mol. The van der Waals surface area contributed by atoms with Gasteiger partial charge in [-0.25, -0.2) is 4.68 Å². The zero-order valence-corrected chi connectivity index (χ0v) is 16.9. The van der Waals surface area contributed by atoms with Crippen LogP contribution in [-0.4, -0.2) is 57.0 Å². The number of anilines is 1. The minimum atomic E-state index is -4.38. The summed E-state index contributed by atoms with van der Waals surface area (Å²) >= 11 is 0. The smallest absolute Gasteiger partial charge is 0.352 e. The van der Waals surface area contributed by atoms with E-state index < -0.39 is 11.7 Å². The molecule has 31 heavy (non-hydrogen) atoms. The summed E-state index contributed by atoms with van der Waals surface area (Å²) < 4.78 is 39.7. The maximum absolute atomic E-state index is 12.7. The summed E-state index contributed by atoms with van der Waals surface area (Å²) in [7, 11) is 0. The number of amides is 1. The molecule has 0 bridgehead atoms. The van der Waals surface area contributed by atoms with Gasteiger partial charge in [0, 0.05) is 32.4 Å². The molecule has 0 atom stereocenters. The number of carbonyl (C=O) groups is 1. The SMILES string of the molecule is Cc1ccn(-c2ccc(N3CCN(C(=O)Cc4ccc(C(F)(F)F)cc4)CC3)nn2)n1. The average molecular weight is 430 g/mol. The van der Waals surface area contributed by atoms with Crippen LogP contribution in [-0.2, 0) is 17.4 Å². The number of hydrogen-bond donors (Lipinski definition) is 0. The van der Waals surface area contributed by atoms with Crippen LogP contribution in [0.5, 0.6) is 0 Å². The summed E-state index contributed by atoms with van der Waals surface area (Å²) in [5.41, 5.74) is 0.742. The number of alkyl halides is 3. The normalized spacial score (nSPS) is 14.7. The molecule has 1 aliphatic heterocycles. The average Bonchev–Trinajstić information content (AvgIpc) is 3.20. The Morgan fingerprint density at radius 3 is 2.13 bits per heavy atom. The van der Waals surface area contributed by atoms with Gasteiger partial charge >= 0.3 is 6.18 Å². The lowest BCUT2D eigenvalue weighted by Crippen LogP contribution is -2.49. The van der Waals surface area contributed by atoms with Crippen molar-refractivity contribution in [1.82, 2.24) is 24.9 Å². The van der Waals surface area contributed by atoms with E-state index in [1.807, 2.05) is 36.2 Å². The number of nitrogens with zero attached hydrogens (tertiary/aromatic N) is 6. The molecule has 162 valence electrons.